The molecule has 1 aromatic carbocycles. The van der Waals surface area contributed by atoms with Crippen LogP contribution in [0.5, 0.6) is 0 Å². The molecule has 1 heterocycles. The maximum absolute atomic E-state index is 4.80. The number of nitrogens with one attached hydrogen (secondary N) is 1. The van der Waals surface area contributed by atoms with Gasteiger partial charge < -0.3 is 5.32 Å². The molecule has 112 valence electrons. The van der Waals surface area contributed by atoms with Gasteiger partial charge in [0.1, 0.15) is 5.82 Å². The van der Waals surface area contributed by atoms with Crippen molar-refractivity contribution in [1.82, 2.24) is 4.98 Å². The lowest BCUT2D eigenvalue weighted by atomic mass is 9.88. The van der Waals surface area contributed by atoms with Gasteiger partial charge >= 0.3 is 0 Å². The molecule has 1 N–H and O–H groups in total. The third-order valence-corrected chi connectivity index (χ3v) is 6.11. The molecule has 0 unspecified atom stereocenters. The zero-order valence-electron chi connectivity index (χ0n) is 13.0. The smallest absolute Gasteiger partial charge is 0.129 e. The van der Waals surface area contributed by atoms with E-state index in [0.29, 0.717) is 4.75 Å². The van der Waals surface area contributed by atoms with Gasteiger partial charge in [0.2, 0.25) is 0 Å². The Labute approximate surface area is 131 Å². The monoisotopic (exact) mass is 300 g/mol. The topological polar surface area (TPSA) is 24.9 Å². The molecule has 2 aromatic rings. The highest BCUT2D eigenvalue weighted by Gasteiger charge is 2.31. The summed E-state index contributed by atoms with van der Waals surface area (Å²) in [7, 11) is 0. The predicted octanol–water partition coefficient (Wildman–Crippen LogP) is 5.02. The predicted molar refractivity (Wildman–Crippen MR) is 94.3 cm³/mol. The SMILES string of the molecule is CSC1(CNc2nc3ccccc3cc2C)CCCCC1. The van der Waals surface area contributed by atoms with Crippen molar-refractivity contribution < 1.29 is 0 Å². The van der Waals surface area contributed by atoms with Gasteiger partial charge in [0.15, 0.2) is 0 Å². The van der Waals surface area contributed by atoms with Crippen LogP contribution in [0.1, 0.15) is 37.7 Å². The quantitative estimate of drug-likeness (QED) is 0.858. The molecular formula is C18H24N2S. The molecular weight excluding hydrogens is 276 g/mol. The number of anilines is 1. The van der Waals surface area contributed by atoms with Crippen LogP contribution in [0.15, 0.2) is 30.3 Å². The summed E-state index contributed by atoms with van der Waals surface area (Å²) in [5.74, 6) is 1.05. The number of aryl methyl sites for hydroxylation is 1. The van der Waals surface area contributed by atoms with Crippen molar-refractivity contribution in [2.75, 3.05) is 18.1 Å². The van der Waals surface area contributed by atoms with E-state index in [4.69, 9.17) is 4.98 Å². The average molecular weight is 300 g/mol. The number of hydrogen-bond donors (Lipinski definition) is 1. The second-order valence-corrected chi connectivity index (χ2v) is 7.42. The first-order valence-electron chi connectivity index (χ1n) is 7.88. The summed E-state index contributed by atoms with van der Waals surface area (Å²) in [4.78, 5) is 4.80. The number of hydrogen-bond acceptors (Lipinski definition) is 3. The van der Waals surface area contributed by atoms with Crippen LogP contribution < -0.4 is 5.32 Å². The molecule has 2 nitrogen and oxygen atoms in total. The number of pyridine rings is 1. The number of para-hydroxylation sites is 1. The lowest BCUT2D eigenvalue weighted by Gasteiger charge is -2.36. The summed E-state index contributed by atoms with van der Waals surface area (Å²) in [6.45, 7) is 3.18. The van der Waals surface area contributed by atoms with Gasteiger partial charge in [0.25, 0.3) is 0 Å². The Kier molecular flexibility index (Phi) is 4.39. The fourth-order valence-electron chi connectivity index (χ4n) is 3.29. The molecule has 0 atom stereocenters. The van der Waals surface area contributed by atoms with E-state index >= 15 is 0 Å². The summed E-state index contributed by atoms with van der Waals surface area (Å²) in [6, 6.07) is 10.6. The summed E-state index contributed by atoms with van der Waals surface area (Å²) in [6.07, 6.45) is 9.05. The van der Waals surface area contributed by atoms with E-state index in [1.54, 1.807) is 0 Å². The van der Waals surface area contributed by atoms with Crippen LogP contribution in [0.4, 0.5) is 5.82 Å². The van der Waals surface area contributed by atoms with Gasteiger partial charge in [-0.1, -0.05) is 37.5 Å². The van der Waals surface area contributed by atoms with Crippen molar-refractivity contribution in [3.63, 3.8) is 0 Å². The standard InChI is InChI=1S/C18H24N2S/c1-14-12-15-8-4-5-9-16(15)20-17(14)19-13-18(21-2)10-6-3-7-11-18/h4-5,8-9,12H,3,6-7,10-11,13H2,1-2H3,(H,19,20). The second-order valence-electron chi connectivity index (χ2n) is 6.15. The van der Waals surface area contributed by atoms with Gasteiger partial charge in [0, 0.05) is 16.7 Å². The molecule has 1 aliphatic rings. The van der Waals surface area contributed by atoms with E-state index in [1.165, 1.54) is 43.1 Å². The number of nitrogens with zero attached hydrogens (tertiary/aromatic N) is 1. The van der Waals surface area contributed by atoms with Crippen molar-refractivity contribution in [2.45, 2.75) is 43.8 Å². The summed E-state index contributed by atoms with van der Waals surface area (Å²) in [5, 5.41) is 4.85. The number of thioether (sulfide) groups is 1. The largest absolute Gasteiger partial charge is 0.368 e. The Morgan fingerprint density at radius 3 is 2.71 bits per heavy atom. The maximum Gasteiger partial charge on any atom is 0.129 e. The first kappa shape index (κ1) is 14.7. The minimum absolute atomic E-state index is 0.401. The minimum Gasteiger partial charge on any atom is -0.368 e. The van der Waals surface area contributed by atoms with Crippen molar-refractivity contribution >= 4 is 28.5 Å². The fraction of sp³-hybridized carbons (Fsp3) is 0.500. The molecule has 0 radical (unpaired) electrons. The normalized spacial score (nSPS) is 17.8. The lowest BCUT2D eigenvalue weighted by molar-refractivity contribution is 0.411. The molecule has 1 fully saturated rings. The third-order valence-electron chi connectivity index (χ3n) is 4.69. The highest BCUT2D eigenvalue weighted by atomic mass is 32.2. The number of fused-ring (bicyclic) bond motifs is 1. The van der Waals surface area contributed by atoms with Crippen molar-refractivity contribution in [3.8, 4) is 0 Å². The molecule has 0 saturated heterocycles. The van der Waals surface area contributed by atoms with Gasteiger partial charge in [-0.15, -0.1) is 0 Å². The van der Waals surface area contributed by atoms with E-state index in [9.17, 15) is 0 Å². The Balaban J connectivity index is 1.79. The zero-order valence-corrected chi connectivity index (χ0v) is 13.8. The van der Waals surface area contributed by atoms with Crippen molar-refractivity contribution in [1.29, 1.82) is 0 Å². The molecule has 3 heteroatoms. The summed E-state index contributed by atoms with van der Waals surface area (Å²) >= 11 is 2.03. The Hall–Kier alpha value is -1.22. The molecule has 0 amide bonds. The molecule has 0 aliphatic heterocycles. The highest BCUT2D eigenvalue weighted by Crippen LogP contribution is 2.38. The first-order chi connectivity index (χ1) is 10.2. The number of rotatable bonds is 4. The maximum atomic E-state index is 4.80. The summed E-state index contributed by atoms with van der Waals surface area (Å²) in [5.41, 5.74) is 2.31. The summed E-state index contributed by atoms with van der Waals surface area (Å²) < 4.78 is 0.401. The molecule has 1 aromatic heterocycles. The number of benzene rings is 1. The third kappa shape index (κ3) is 3.18. The fourth-order valence-corrected chi connectivity index (χ4v) is 4.21. The van der Waals surface area contributed by atoms with E-state index in [0.717, 1.165) is 17.9 Å². The molecule has 0 bridgehead atoms. The van der Waals surface area contributed by atoms with E-state index in [2.05, 4.69) is 48.8 Å². The van der Waals surface area contributed by atoms with Gasteiger partial charge in [0.05, 0.1) is 5.52 Å². The second kappa shape index (κ2) is 6.27. The molecule has 1 aliphatic carbocycles. The van der Waals surface area contributed by atoms with Gasteiger partial charge in [-0.2, -0.15) is 11.8 Å². The van der Waals surface area contributed by atoms with Crippen molar-refractivity contribution in [3.05, 3.63) is 35.9 Å². The van der Waals surface area contributed by atoms with Crippen molar-refractivity contribution in [2.24, 2.45) is 0 Å². The molecule has 3 rings (SSSR count). The van der Waals surface area contributed by atoms with Crippen LogP contribution in [-0.2, 0) is 0 Å². The molecule has 0 spiro atoms. The molecule has 21 heavy (non-hydrogen) atoms. The van der Waals surface area contributed by atoms with Crippen LogP contribution in [-0.4, -0.2) is 22.5 Å². The van der Waals surface area contributed by atoms with Gasteiger partial charge in [-0.05, 0) is 43.7 Å². The van der Waals surface area contributed by atoms with E-state index < -0.39 is 0 Å². The van der Waals surface area contributed by atoms with Crippen LogP contribution in [0.2, 0.25) is 0 Å². The van der Waals surface area contributed by atoms with Gasteiger partial charge in [-0.25, -0.2) is 4.98 Å². The Morgan fingerprint density at radius 1 is 1.19 bits per heavy atom. The first-order valence-corrected chi connectivity index (χ1v) is 9.10. The average Bonchev–Trinajstić information content (AvgIpc) is 2.54. The zero-order chi connectivity index (χ0) is 14.7. The van der Waals surface area contributed by atoms with E-state index in [-0.39, 0.29) is 0 Å². The Bertz CT molecular complexity index is 618. The lowest BCUT2D eigenvalue weighted by Crippen LogP contribution is -2.35. The highest BCUT2D eigenvalue weighted by molar-refractivity contribution is 8.00. The Morgan fingerprint density at radius 2 is 1.95 bits per heavy atom. The van der Waals surface area contributed by atoms with E-state index in [1.807, 2.05) is 11.8 Å². The van der Waals surface area contributed by atoms with Gasteiger partial charge in [-0.3, -0.25) is 0 Å². The van der Waals surface area contributed by atoms with Crippen LogP contribution in [0, 0.1) is 6.92 Å². The number of aromatic nitrogens is 1. The van der Waals surface area contributed by atoms with Crippen LogP contribution >= 0.6 is 11.8 Å². The van der Waals surface area contributed by atoms with Crippen LogP contribution in [0.25, 0.3) is 10.9 Å². The molecule has 1 saturated carbocycles. The minimum atomic E-state index is 0.401. The van der Waals surface area contributed by atoms with Crippen LogP contribution in [0.3, 0.4) is 0 Å².